The summed E-state index contributed by atoms with van der Waals surface area (Å²) in [5, 5.41) is 3.46. The van der Waals surface area contributed by atoms with Gasteiger partial charge in [-0.3, -0.25) is 0 Å². The number of methoxy groups -OCH3 is 1. The molecule has 3 aliphatic rings. The summed E-state index contributed by atoms with van der Waals surface area (Å²) in [5.74, 6) is 1.27. The summed E-state index contributed by atoms with van der Waals surface area (Å²) in [6, 6.07) is 7.33. The minimum absolute atomic E-state index is 0.232. The standard InChI is InChI=1S/C19H21FN4O/c1-11-7-13(5-6-21-11)19-22-10-17-16(24-19)9-15(23-17)12-3-4-18(25-2)14(20)8-12/h3-4,8-11,13,21H,5-7H2,1-2H3,(H,22,24). The van der Waals surface area contributed by atoms with Crippen LogP contribution in [0.25, 0.3) is 22.6 Å². The predicted molar refractivity (Wildman–Crippen MR) is 94.4 cm³/mol. The molecule has 6 heteroatoms. The predicted octanol–water partition coefficient (Wildman–Crippen LogP) is 3.58. The lowest BCUT2D eigenvalue weighted by atomic mass is 9.92. The van der Waals surface area contributed by atoms with E-state index in [-0.39, 0.29) is 5.75 Å². The lowest BCUT2D eigenvalue weighted by Gasteiger charge is -2.27. The Balaban J connectivity index is 1.67. The number of ether oxygens (including phenoxy) is 1. The van der Waals surface area contributed by atoms with Gasteiger partial charge >= 0.3 is 0 Å². The maximum Gasteiger partial charge on any atom is 0.165 e. The molecule has 130 valence electrons. The zero-order valence-electron chi connectivity index (χ0n) is 14.3. The highest BCUT2D eigenvalue weighted by Crippen LogP contribution is 2.32. The molecular weight excluding hydrogens is 319 g/mol. The molecule has 3 heterocycles. The maximum absolute atomic E-state index is 14.0. The van der Waals surface area contributed by atoms with E-state index in [0.717, 1.165) is 47.9 Å². The topological polar surface area (TPSA) is 62.8 Å². The van der Waals surface area contributed by atoms with E-state index >= 15 is 0 Å². The van der Waals surface area contributed by atoms with Crippen LogP contribution < -0.4 is 10.1 Å². The number of H-pyrrole nitrogens is 1. The zero-order chi connectivity index (χ0) is 17.4. The van der Waals surface area contributed by atoms with Crippen LogP contribution in [0.3, 0.4) is 0 Å². The van der Waals surface area contributed by atoms with Gasteiger partial charge in [-0.2, -0.15) is 0 Å². The van der Waals surface area contributed by atoms with E-state index in [1.807, 2.05) is 12.1 Å². The van der Waals surface area contributed by atoms with Crippen molar-refractivity contribution in [3.05, 3.63) is 42.1 Å². The van der Waals surface area contributed by atoms with Gasteiger partial charge in [-0.05, 0) is 50.6 Å². The number of benzene rings is 1. The van der Waals surface area contributed by atoms with Crippen molar-refractivity contribution < 1.29 is 9.13 Å². The van der Waals surface area contributed by atoms with E-state index in [1.54, 1.807) is 12.3 Å². The van der Waals surface area contributed by atoms with Crippen molar-refractivity contribution in [2.24, 2.45) is 0 Å². The number of piperidine rings is 1. The normalized spacial score (nSPS) is 20.8. The number of fused-ring (bicyclic) bond motifs is 1. The molecule has 1 fully saturated rings. The molecule has 5 nitrogen and oxygen atoms in total. The number of nitrogens with zero attached hydrogens (tertiary/aromatic N) is 2. The van der Waals surface area contributed by atoms with Crippen molar-refractivity contribution in [2.75, 3.05) is 13.7 Å². The van der Waals surface area contributed by atoms with Crippen LogP contribution in [0, 0.1) is 5.82 Å². The molecule has 4 rings (SSSR count). The third kappa shape index (κ3) is 3.09. The molecule has 0 aliphatic carbocycles. The van der Waals surface area contributed by atoms with Gasteiger partial charge in [0, 0.05) is 17.5 Å². The lowest BCUT2D eigenvalue weighted by Crippen LogP contribution is -2.35. The molecule has 0 amide bonds. The summed E-state index contributed by atoms with van der Waals surface area (Å²) in [7, 11) is 1.46. The fraction of sp³-hybridized carbons (Fsp3) is 0.368. The molecule has 1 aromatic rings. The van der Waals surface area contributed by atoms with Gasteiger partial charge in [0.25, 0.3) is 0 Å². The number of nitrogens with one attached hydrogen (secondary N) is 2. The Morgan fingerprint density at radius 3 is 2.88 bits per heavy atom. The van der Waals surface area contributed by atoms with E-state index in [9.17, 15) is 4.39 Å². The fourth-order valence-corrected chi connectivity index (χ4v) is 3.49. The van der Waals surface area contributed by atoms with Gasteiger partial charge in [0.15, 0.2) is 11.6 Å². The molecule has 0 spiro atoms. The van der Waals surface area contributed by atoms with Crippen molar-refractivity contribution in [1.82, 2.24) is 20.3 Å². The van der Waals surface area contributed by atoms with E-state index < -0.39 is 5.82 Å². The molecule has 0 aromatic heterocycles. The molecule has 2 unspecified atom stereocenters. The maximum atomic E-state index is 14.0. The third-order valence-corrected chi connectivity index (χ3v) is 4.84. The van der Waals surface area contributed by atoms with Gasteiger partial charge in [0.2, 0.25) is 0 Å². The van der Waals surface area contributed by atoms with E-state index in [0.29, 0.717) is 12.0 Å². The molecule has 25 heavy (non-hydrogen) atoms. The van der Waals surface area contributed by atoms with Crippen LogP contribution in [0.5, 0.6) is 5.75 Å². The van der Waals surface area contributed by atoms with Crippen LogP contribution in [0.4, 0.5) is 4.39 Å². The van der Waals surface area contributed by atoms with Gasteiger partial charge in [-0.15, -0.1) is 0 Å². The van der Waals surface area contributed by atoms with Gasteiger partial charge in [-0.25, -0.2) is 14.4 Å². The number of halogens is 1. The number of hydrogen-bond donors (Lipinski definition) is 2. The minimum Gasteiger partial charge on any atom is -0.494 e. The molecule has 0 saturated carbocycles. The Labute approximate surface area is 146 Å². The summed E-state index contributed by atoms with van der Waals surface area (Å²) in [5.41, 5.74) is 3.17. The van der Waals surface area contributed by atoms with Crippen LogP contribution in [0.2, 0.25) is 0 Å². The SMILES string of the molecule is COc1ccc(-c2cc3[nH]c(C4CCNC(C)C4)ncc-3n2)cc1F. The van der Waals surface area contributed by atoms with Gasteiger partial charge in [0.05, 0.1) is 24.7 Å². The number of hydrogen-bond acceptors (Lipinski definition) is 4. The smallest absolute Gasteiger partial charge is 0.165 e. The Morgan fingerprint density at radius 2 is 2.12 bits per heavy atom. The number of aromatic nitrogens is 3. The number of rotatable bonds is 3. The van der Waals surface area contributed by atoms with Crippen molar-refractivity contribution in [2.45, 2.75) is 31.7 Å². The van der Waals surface area contributed by atoms with Crippen LogP contribution in [-0.2, 0) is 0 Å². The molecule has 3 aliphatic heterocycles. The highest BCUT2D eigenvalue weighted by atomic mass is 19.1. The average Bonchev–Trinajstić information content (AvgIpc) is 3.05. The second-order valence-corrected chi connectivity index (χ2v) is 6.63. The summed E-state index contributed by atoms with van der Waals surface area (Å²) < 4.78 is 18.9. The number of aromatic amines is 1. The monoisotopic (exact) mass is 340 g/mol. The third-order valence-electron chi connectivity index (χ3n) is 4.84. The van der Waals surface area contributed by atoms with Gasteiger partial charge < -0.3 is 15.0 Å². The largest absolute Gasteiger partial charge is 0.494 e. The van der Waals surface area contributed by atoms with E-state index in [4.69, 9.17) is 4.74 Å². The van der Waals surface area contributed by atoms with Crippen LogP contribution >= 0.6 is 0 Å². The molecule has 1 saturated heterocycles. The average molecular weight is 340 g/mol. The summed E-state index contributed by atoms with van der Waals surface area (Å²) in [6.07, 6.45) is 3.95. The minimum atomic E-state index is -0.390. The van der Waals surface area contributed by atoms with Crippen LogP contribution in [0.15, 0.2) is 30.5 Å². The van der Waals surface area contributed by atoms with E-state index in [2.05, 4.69) is 27.2 Å². The van der Waals surface area contributed by atoms with Gasteiger partial charge in [0.1, 0.15) is 11.5 Å². The van der Waals surface area contributed by atoms with Crippen molar-refractivity contribution in [1.29, 1.82) is 0 Å². The first-order valence-electron chi connectivity index (χ1n) is 8.57. The summed E-state index contributed by atoms with van der Waals surface area (Å²) >= 11 is 0. The van der Waals surface area contributed by atoms with Gasteiger partial charge in [-0.1, -0.05) is 0 Å². The van der Waals surface area contributed by atoms with Crippen molar-refractivity contribution in [3.63, 3.8) is 0 Å². The summed E-state index contributed by atoms with van der Waals surface area (Å²) in [6.45, 7) is 3.21. The first-order valence-corrected chi connectivity index (χ1v) is 8.57. The van der Waals surface area contributed by atoms with Crippen molar-refractivity contribution >= 4 is 0 Å². The quantitative estimate of drug-likeness (QED) is 0.765. The van der Waals surface area contributed by atoms with Crippen molar-refractivity contribution in [3.8, 4) is 28.4 Å². The highest BCUT2D eigenvalue weighted by Gasteiger charge is 2.23. The Morgan fingerprint density at radius 1 is 1.24 bits per heavy atom. The molecular formula is C19H21FN4O. The van der Waals surface area contributed by atoms with Crippen LogP contribution in [-0.4, -0.2) is 34.6 Å². The second kappa shape index (κ2) is 6.44. The molecule has 2 N–H and O–H groups in total. The first-order chi connectivity index (χ1) is 12.1. The molecule has 0 radical (unpaired) electrons. The molecule has 1 aromatic carbocycles. The Kier molecular flexibility index (Phi) is 4.13. The Bertz CT molecular complexity index is 863. The Hall–Kier alpha value is -2.47. The molecule has 2 atom stereocenters. The van der Waals surface area contributed by atoms with E-state index in [1.165, 1.54) is 13.2 Å². The fourth-order valence-electron chi connectivity index (χ4n) is 3.49. The highest BCUT2D eigenvalue weighted by molar-refractivity contribution is 5.71. The lowest BCUT2D eigenvalue weighted by molar-refractivity contribution is 0.371. The zero-order valence-corrected chi connectivity index (χ0v) is 14.3. The second-order valence-electron chi connectivity index (χ2n) is 6.63. The molecule has 0 bridgehead atoms. The summed E-state index contributed by atoms with van der Waals surface area (Å²) in [4.78, 5) is 12.6. The van der Waals surface area contributed by atoms with Crippen LogP contribution in [0.1, 0.15) is 31.5 Å². The first kappa shape index (κ1) is 16.0.